The minimum Gasteiger partial charge on any atom is -0.375 e. The molecule has 4 nitrogen and oxygen atoms in total. The summed E-state index contributed by atoms with van der Waals surface area (Å²) < 4.78 is 5.21. The molecule has 0 radical (unpaired) electrons. The maximum atomic E-state index is 8.56. The van der Waals surface area contributed by atoms with E-state index in [0.29, 0.717) is 25.5 Å². The van der Waals surface area contributed by atoms with Gasteiger partial charge in [-0.2, -0.15) is 5.26 Å². The number of hydrogen-bond acceptors (Lipinski definition) is 4. The van der Waals surface area contributed by atoms with E-state index in [1.165, 1.54) is 0 Å². The zero-order valence-electron chi connectivity index (χ0n) is 7.23. The van der Waals surface area contributed by atoms with E-state index in [1.54, 1.807) is 12.3 Å². The molecule has 0 amide bonds. The van der Waals surface area contributed by atoms with Crippen molar-refractivity contribution in [2.24, 2.45) is 5.73 Å². The average molecular weight is 177 g/mol. The number of nitrogens with two attached hydrogens (primary N) is 1. The van der Waals surface area contributed by atoms with Crippen molar-refractivity contribution in [1.29, 1.82) is 5.26 Å². The first-order valence-corrected chi connectivity index (χ1v) is 3.99. The minimum atomic E-state index is 0.411. The molecule has 68 valence electrons. The smallest absolute Gasteiger partial charge is 0.140 e. The molecule has 0 saturated heterocycles. The predicted octanol–water partition coefficient (Wildman–Crippen LogP) is 0.429. The molecule has 1 aromatic rings. The topological polar surface area (TPSA) is 71.9 Å². The summed E-state index contributed by atoms with van der Waals surface area (Å²) in [5.74, 6) is 0. The van der Waals surface area contributed by atoms with Crippen LogP contribution in [0.5, 0.6) is 0 Å². The summed E-state index contributed by atoms with van der Waals surface area (Å²) in [5.41, 5.74) is 6.61. The van der Waals surface area contributed by atoms with Gasteiger partial charge in [-0.3, -0.25) is 0 Å². The molecule has 0 aromatic carbocycles. The number of hydrogen-bond donors (Lipinski definition) is 1. The Labute approximate surface area is 77.0 Å². The number of rotatable bonds is 4. The molecule has 0 aliphatic carbocycles. The highest BCUT2D eigenvalue weighted by atomic mass is 16.5. The normalized spacial score (nSPS) is 9.54. The molecule has 0 spiro atoms. The van der Waals surface area contributed by atoms with Crippen molar-refractivity contribution in [2.45, 2.75) is 6.61 Å². The van der Waals surface area contributed by atoms with Crippen LogP contribution in [-0.2, 0) is 11.3 Å². The number of nitriles is 1. The van der Waals surface area contributed by atoms with Crippen molar-refractivity contribution >= 4 is 0 Å². The van der Waals surface area contributed by atoms with E-state index in [4.69, 9.17) is 15.7 Å². The third-order valence-corrected chi connectivity index (χ3v) is 1.47. The van der Waals surface area contributed by atoms with Gasteiger partial charge in [-0.15, -0.1) is 0 Å². The third-order valence-electron chi connectivity index (χ3n) is 1.47. The largest absolute Gasteiger partial charge is 0.375 e. The van der Waals surface area contributed by atoms with Gasteiger partial charge in [-0.25, -0.2) is 4.98 Å². The summed E-state index contributed by atoms with van der Waals surface area (Å²) in [6.07, 6.45) is 1.60. The maximum absolute atomic E-state index is 8.56. The molecule has 1 heterocycles. The molecular formula is C9H11N3O. The molecule has 0 bridgehead atoms. The summed E-state index contributed by atoms with van der Waals surface area (Å²) in [7, 11) is 0. The number of aromatic nitrogens is 1. The Bertz CT molecular complexity index is 306. The summed E-state index contributed by atoms with van der Waals surface area (Å²) in [6.45, 7) is 1.52. The van der Waals surface area contributed by atoms with E-state index in [1.807, 2.05) is 12.1 Å². The Hall–Kier alpha value is -1.44. The van der Waals surface area contributed by atoms with Gasteiger partial charge in [0.05, 0.1) is 13.2 Å². The Balaban J connectivity index is 2.52. The fraction of sp³-hybridized carbons (Fsp3) is 0.333. The van der Waals surface area contributed by atoms with Crippen molar-refractivity contribution in [3.63, 3.8) is 0 Å². The summed E-state index contributed by atoms with van der Waals surface area (Å²) in [5, 5.41) is 8.56. The molecule has 0 aliphatic rings. The van der Waals surface area contributed by atoms with Gasteiger partial charge < -0.3 is 10.5 Å². The fourth-order valence-corrected chi connectivity index (χ4v) is 0.899. The fourth-order valence-electron chi connectivity index (χ4n) is 0.899. The highest BCUT2D eigenvalue weighted by Gasteiger charge is 1.95. The first-order valence-electron chi connectivity index (χ1n) is 3.99. The second-order valence-electron chi connectivity index (χ2n) is 2.50. The average Bonchev–Trinajstić information content (AvgIpc) is 2.19. The van der Waals surface area contributed by atoms with Crippen LogP contribution in [0.2, 0.25) is 0 Å². The number of ether oxygens (including phenoxy) is 1. The lowest BCUT2D eigenvalue weighted by Gasteiger charge is -2.01. The molecule has 13 heavy (non-hydrogen) atoms. The Morgan fingerprint density at radius 1 is 1.62 bits per heavy atom. The number of nitrogens with zero attached hydrogens (tertiary/aromatic N) is 2. The molecule has 0 atom stereocenters. The monoisotopic (exact) mass is 177 g/mol. The molecule has 4 heteroatoms. The van der Waals surface area contributed by atoms with Crippen LogP contribution in [0.25, 0.3) is 0 Å². The van der Waals surface area contributed by atoms with E-state index in [9.17, 15) is 0 Å². The Kier molecular flexibility index (Phi) is 3.89. The molecule has 0 unspecified atom stereocenters. The van der Waals surface area contributed by atoms with E-state index in [-0.39, 0.29) is 0 Å². The van der Waals surface area contributed by atoms with Gasteiger partial charge in [0.2, 0.25) is 0 Å². The van der Waals surface area contributed by atoms with Crippen molar-refractivity contribution in [2.75, 3.05) is 13.2 Å². The zero-order chi connectivity index (χ0) is 9.52. The van der Waals surface area contributed by atoms with E-state index >= 15 is 0 Å². The van der Waals surface area contributed by atoms with Gasteiger partial charge in [0.25, 0.3) is 0 Å². The van der Waals surface area contributed by atoms with Crippen molar-refractivity contribution in [3.05, 3.63) is 29.6 Å². The summed E-state index contributed by atoms with van der Waals surface area (Å²) in [6, 6.07) is 5.49. The second kappa shape index (κ2) is 5.25. The summed E-state index contributed by atoms with van der Waals surface area (Å²) >= 11 is 0. The highest BCUT2D eigenvalue weighted by molar-refractivity contribution is 5.24. The van der Waals surface area contributed by atoms with Gasteiger partial charge >= 0.3 is 0 Å². The van der Waals surface area contributed by atoms with Crippen molar-refractivity contribution < 1.29 is 4.74 Å². The van der Waals surface area contributed by atoms with Crippen molar-refractivity contribution in [1.82, 2.24) is 4.98 Å². The van der Waals surface area contributed by atoms with E-state index in [0.717, 1.165) is 5.56 Å². The summed E-state index contributed by atoms with van der Waals surface area (Å²) in [4.78, 5) is 3.84. The van der Waals surface area contributed by atoms with E-state index < -0.39 is 0 Å². The lowest BCUT2D eigenvalue weighted by atomic mass is 10.2. The van der Waals surface area contributed by atoms with Gasteiger partial charge in [-0.1, -0.05) is 0 Å². The van der Waals surface area contributed by atoms with Gasteiger partial charge in [0.15, 0.2) is 0 Å². The highest BCUT2D eigenvalue weighted by Crippen LogP contribution is 2.02. The van der Waals surface area contributed by atoms with Crippen LogP contribution in [0.4, 0.5) is 0 Å². The maximum Gasteiger partial charge on any atom is 0.140 e. The lowest BCUT2D eigenvalue weighted by molar-refractivity contribution is 0.128. The van der Waals surface area contributed by atoms with Crippen LogP contribution in [0, 0.1) is 11.3 Å². The third kappa shape index (κ3) is 3.20. The first kappa shape index (κ1) is 9.65. The molecular weight excluding hydrogens is 166 g/mol. The van der Waals surface area contributed by atoms with Gasteiger partial charge in [-0.05, 0) is 17.7 Å². The molecule has 0 saturated carbocycles. The Morgan fingerprint density at radius 2 is 2.46 bits per heavy atom. The van der Waals surface area contributed by atoms with Crippen molar-refractivity contribution in [3.8, 4) is 6.07 Å². The van der Waals surface area contributed by atoms with Gasteiger partial charge in [0.1, 0.15) is 11.8 Å². The van der Waals surface area contributed by atoms with Crippen LogP contribution in [0.1, 0.15) is 11.3 Å². The van der Waals surface area contributed by atoms with Crippen LogP contribution in [0.15, 0.2) is 18.3 Å². The standard InChI is InChI=1S/C9H11N3O/c10-2-4-13-7-8-1-3-12-9(5-8)6-11/h1,3,5H,2,4,7,10H2. The molecule has 2 N–H and O–H groups in total. The minimum absolute atomic E-state index is 0.411. The SMILES string of the molecule is N#Cc1cc(COCCN)ccn1. The zero-order valence-corrected chi connectivity index (χ0v) is 7.23. The van der Waals surface area contributed by atoms with Crippen LogP contribution in [-0.4, -0.2) is 18.1 Å². The van der Waals surface area contributed by atoms with E-state index in [2.05, 4.69) is 4.98 Å². The molecule has 0 aliphatic heterocycles. The molecule has 0 fully saturated rings. The van der Waals surface area contributed by atoms with Gasteiger partial charge in [0, 0.05) is 12.7 Å². The molecule has 1 rings (SSSR count). The van der Waals surface area contributed by atoms with Crippen LogP contribution < -0.4 is 5.73 Å². The first-order chi connectivity index (χ1) is 6.36. The number of pyridine rings is 1. The van der Waals surface area contributed by atoms with Crippen LogP contribution >= 0.6 is 0 Å². The van der Waals surface area contributed by atoms with Crippen LogP contribution in [0.3, 0.4) is 0 Å². The Morgan fingerprint density at radius 3 is 3.15 bits per heavy atom. The quantitative estimate of drug-likeness (QED) is 0.677. The predicted molar refractivity (Wildman–Crippen MR) is 47.7 cm³/mol. The lowest BCUT2D eigenvalue weighted by Crippen LogP contribution is -2.08. The second-order valence-corrected chi connectivity index (χ2v) is 2.50. The molecule has 1 aromatic heterocycles.